The Bertz CT molecular complexity index is 1060. The number of rotatable bonds is 6. The summed E-state index contributed by atoms with van der Waals surface area (Å²) in [6.07, 6.45) is 0.656. The summed E-state index contributed by atoms with van der Waals surface area (Å²) in [5, 5.41) is 2.84. The maximum absolute atomic E-state index is 12.7. The summed E-state index contributed by atoms with van der Waals surface area (Å²) < 4.78 is 10.6. The molecule has 0 unspecified atom stereocenters. The van der Waals surface area contributed by atoms with Gasteiger partial charge in [-0.15, -0.1) is 0 Å². The molecule has 144 valence electrons. The average molecular weight is 379 g/mol. The van der Waals surface area contributed by atoms with Crippen LogP contribution in [0, 0.1) is 0 Å². The van der Waals surface area contributed by atoms with E-state index < -0.39 is 0 Å². The normalized spacial score (nSPS) is 10.4. The van der Waals surface area contributed by atoms with Crippen LogP contribution in [0.4, 0.5) is 5.69 Å². The second-order valence-corrected chi connectivity index (χ2v) is 6.01. The molecule has 3 aromatic rings. The third-order valence-corrected chi connectivity index (χ3v) is 4.20. The molecule has 0 saturated carbocycles. The predicted molar refractivity (Wildman–Crippen MR) is 107 cm³/mol. The van der Waals surface area contributed by atoms with Crippen molar-refractivity contribution < 1.29 is 14.3 Å². The number of aromatic amines is 1. The lowest BCUT2D eigenvalue weighted by Gasteiger charge is -2.13. The number of hydrogen-bond donors (Lipinski definition) is 2. The molecule has 0 atom stereocenters. The van der Waals surface area contributed by atoms with Gasteiger partial charge in [-0.05, 0) is 30.7 Å². The Morgan fingerprint density at radius 3 is 2.61 bits per heavy atom. The lowest BCUT2D eigenvalue weighted by molar-refractivity contribution is 0.102. The fourth-order valence-electron chi connectivity index (χ4n) is 2.83. The van der Waals surface area contributed by atoms with E-state index in [1.54, 1.807) is 36.4 Å². The summed E-state index contributed by atoms with van der Waals surface area (Å²) >= 11 is 0. The topological polar surface area (TPSA) is 93.3 Å². The zero-order valence-electron chi connectivity index (χ0n) is 15.9. The van der Waals surface area contributed by atoms with Gasteiger partial charge in [0, 0.05) is 23.0 Å². The van der Waals surface area contributed by atoms with Crippen LogP contribution in [0.2, 0.25) is 0 Å². The molecule has 0 radical (unpaired) electrons. The Kier molecular flexibility index (Phi) is 5.74. The number of benzene rings is 2. The van der Waals surface area contributed by atoms with Crippen molar-refractivity contribution in [1.29, 1.82) is 0 Å². The van der Waals surface area contributed by atoms with Gasteiger partial charge in [0.25, 0.3) is 11.5 Å². The number of nitrogens with one attached hydrogen (secondary N) is 2. The number of hydrogen-bond acceptors (Lipinski definition) is 5. The fraction of sp³-hybridized carbons (Fsp3) is 0.190. The Morgan fingerprint density at radius 2 is 1.89 bits per heavy atom. The highest BCUT2D eigenvalue weighted by atomic mass is 16.5. The maximum Gasteiger partial charge on any atom is 0.259 e. The quantitative estimate of drug-likeness (QED) is 0.686. The molecule has 7 nitrogen and oxygen atoms in total. The molecule has 0 spiro atoms. The van der Waals surface area contributed by atoms with Crippen LogP contribution in [0.25, 0.3) is 11.4 Å². The smallest absolute Gasteiger partial charge is 0.259 e. The van der Waals surface area contributed by atoms with Gasteiger partial charge in [-0.1, -0.05) is 25.1 Å². The van der Waals surface area contributed by atoms with Crippen LogP contribution < -0.4 is 20.3 Å². The summed E-state index contributed by atoms with van der Waals surface area (Å²) in [7, 11) is 3.00. The number of amides is 1. The van der Waals surface area contributed by atoms with Crippen LogP contribution >= 0.6 is 0 Å². The van der Waals surface area contributed by atoms with Crippen molar-refractivity contribution in [1.82, 2.24) is 9.97 Å². The van der Waals surface area contributed by atoms with Gasteiger partial charge in [0.2, 0.25) is 0 Å². The number of H-pyrrole nitrogens is 1. The average Bonchev–Trinajstić information content (AvgIpc) is 2.72. The summed E-state index contributed by atoms with van der Waals surface area (Å²) in [5.41, 5.74) is 2.11. The van der Waals surface area contributed by atoms with E-state index in [4.69, 9.17) is 9.47 Å². The van der Waals surface area contributed by atoms with Gasteiger partial charge >= 0.3 is 0 Å². The first kappa shape index (κ1) is 19.2. The van der Waals surface area contributed by atoms with Gasteiger partial charge in [0.15, 0.2) is 11.5 Å². The van der Waals surface area contributed by atoms with E-state index >= 15 is 0 Å². The van der Waals surface area contributed by atoms with E-state index in [1.165, 1.54) is 20.3 Å². The zero-order valence-corrected chi connectivity index (χ0v) is 15.9. The highest BCUT2D eigenvalue weighted by Crippen LogP contribution is 2.31. The number of carbonyl (C=O) groups excluding carboxylic acids is 1. The molecule has 1 heterocycles. The summed E-state index contributed by atoms with van der Waals surface area (Å²) in [6, 6.07) is 13.7. The van der Waals surface area contributed by atoms with E-state index in [9.17, 15) is 9.59 Å². The van der Waals surface area contributed by atoms with Gasteiger partial charge in [0.1, 0.15) is 5.82 Å². The monoisotopic (exact) mass is 379 g/mol. The number of ether oxygens (including phenoxy) is 2. The van der Waals surface area contributed by atoms with Crippen molar-refractivity contribution in [2.75, 3.05) is 19.5 Å². The van der Waals surface area contributed by atoms with Gasteiger partial charge in [-0.3, -0.25) is 9.59 Å². The molecular weight excluding hydrogens is 358 g/mol. The lowest BCUT2D eigenvalue weighted by atomic mass is 10.1. The minimum atomic E-state index is -0.336. The molecule has 2 N–H and O–H groups in total. The second kappa shape index (κ2) is 8.39. The Labute approximate surface area is 162 Å². The molecule has 0 aliphatic rings. The molecular formula is C21H21N3O4. The number of aromatic nitrogens is 2. The first-order chi connectivity index (χ1) is 13.5. The Hall–Kier alpha value is -3.61. The molecule has 0 saturated heterocycles. The molecule has 7 heteroatoms. The standard InChI is InChI=1S/C21H21N3O4/c1-4-14-12-18(25)24-20(22-14)13-7-5-8-15(11-13)23-21(26)16-9-6-10-17(27-2)19(16)28-3/h5-12H,4H2,1-3H3,(H,23,26)(H,22,24,25). The van der Waals surface area contributed by atoms with Crippen molar-refractivity contribution in [2.45, 2.75) is 13.3 Å². The predicted octanol–water partition coefficient (Wildman–Crippen LogP) is 3.27. The first-order valence-electron chi connectivity index (χ1n) is 8.78. The third kappa shape index (κ3) is 4.03. The van der Waals surface area contributed by atoms with Crippen molar-refractivity contribution >= 4 is 11.6 Å². The van der Waals surface area contributed by atoms with Crippen LogP contribution in [0.1, 0.15) is 23.0 Å². The zero-order chi connectivity index (χ0) is 20.1. The minimum absolute atomic E-state index is 0.211. The number of nitrogens with zero attached hydrogens (tertiary/aromatic N) is 1. The van der Waals surface area contributed by atoms with E-state index in [0.29, 0.717) is 46.3 Å². The number of para-hydroxylation sites is 1. The van der Waals surface area contributed by atoms with Gasteiger partial charge in [-0.25, -0.2) is 4.98 Å². The van der Waals surface area contributed by atoms with Crippen molar-refractivity contribution in [3.63, 3.8) is 0 Å². The summed E-state index contributed by atoms with van der Waals surface area (Å²) in [5.74, 6) is 0.957. The van der Waals surface area contributed by atoms with Crippen molar-refractivity contribution in [3.05, 3.63) is 70.1 Å². The van der Waals surface area contributed by atoms with Crippen LogP contribution in [-0.4, -0.2) is 30.1 Å². The third-order valence-electron chi connectivity index (χ3n) is 4.20. The molecule has 0 fully saturated rings. The largest absolute Gasteiger partial charge is 0.493 e. The number of aryl methyl sites for hydroxylation is 1. The van der Waals surface area contributed by atoms with Crippen LogP contribution in [-0.2, 0) is 6.42 Å². The Morgan fingerprint density at radius 1 is 1.11 bits per heavy atom. The number of anilines is 1. The number of methoxy groups -OCH3 is 2. The van der Waals surface area contributed by atoms with Gasteiger partial charge < -0.3 is 19.8 Å². The second-order valence-electron chi connectivity index (χ2n) is 6.01. The molecule has 0 bridgehead atoms. The highest BCUT2D eigenvalue weighted by Gasteiger charge is 2.16. The molecule has 28 heavy (non-hydrogen) atoms. The fourth-order valence-corrected chi connectivity index (χ4v) is 2.83. The molecule has 2 aromatic carbocycles. The van der Waals surface area contributed by atoms with Gasteiger partial charge in [0.05, 0.1) is 19.8 Å². The molecule has 0 aliphatic carbocycles. The SMILES string of the molecule is CCc1cc(=O)[nH]c(-c2cccc(NC(=O)c3cccc(OC)c3OC)c2)n1. The van der Waals surface area contributed by atoms with E-state index in [1.807, 2.05) is 13.0 Å². The van der Waals surface area contributed by atoms with E-state index in [0.717, 1.165) is 0 Å². The summed E-state index contributed by atoms with van der Waals surface area (Å²) in [4.78, 5) is 31.7. The van der Waals surface area contributed by atoms with E-state index in [-0.39, 0.29) is 11.5 Å². The van der Waals surface area contributed by atoms with Crippen LogP contribution in [0.5, 0.6) is 11.5 Å². The Balaban J connectivity index is 1.91. The van der Waals surface area contributed by atoms with E-state index in [2.05, 4.69) is 15.3 Å². The first-order valence-corrected chi connectivity index (χ1v) is 8.78. The van der Waals surface area contributed by atoms with Crippen LogP contribution in [0.15, 0.2) is 53.3 Å². The van der Waals surface area contributed by atoms with Gasteiger partial charge in [-0.2, -0.15) is 0 Å². The lowest BCUT2D eigenvalue weighted by Crippen LogP contribution is -2.14. The van der Waals surface area contributed by atoms with Crippen molar-refractivity contribution in [2.24, 2.45) is 0 Å². The molecule has 1 aromatic heterocycles. The molecule has 0 aliphatic heterocycles. The maximum atomic E-state index is 12.7. The minimum Gasteiger partial charge on any atom is -0.493 e. The number of carbonyl (C=O) groups is 1. The molecule has 1 amide bonds. The van der Waals surface area contributed by atoms with Crippen LogP contribution in [0.3, 0.4) is 0 Å². The summed E-state index contributed by atoms with van der Waals surface area (Å²) in [6.45, 7) is 1.93. The highest BCUT2D eigenvalue weighted by molar-refractivity contribution is 6.07. The molecule has 3 rings (SSSR count). The van der Waals surface area contributed by atoms with Crippen molar-refractivity contribution in [3.8, 4) is 22.9 Å².